The molecule has 138 valence electrons. The zero-order chi connectivity index (χ0) is 19.6. The van der Waals surface area contributed by atoms with Crippen LogP contribution < -0.4 is 15.4 Å². The molecule has 4 nitrogen and oxygen atoms in total. The monoisotopic (exact) mass is 442 g/mol. The van der Waals surface area contributed by atoms with E-state index in [0.717, 1.165) is 32.1 Å². The molecule has 0 aliphatic carbocycles. The lowest BCUT2D eigenvalue weighted by Gasteiger charge is -2.16. The molecule has 3 aromatic carbocycles. The van der Waals surface area contributed by atoms with E-state index in [1.54, 1.807) is 13.2 Å². The third-order valence-corrected chi connectivity index (χ3v) is 5.33. The first-order chi connectivity index (χ1) is 12.9. The van der Waals surface area contributed by atoms with Gasteiger partial charge in [-0.3, -0.25) is 10.1 Å². The maximum absolute atomic E-state index is 12.9. The summed E-state index contributed by atoms with van der Waals surface area (Å²) in [5, 5.41) is 8.01. The van der Waals surface area contributed by atoms with E-state index in [2.05, 4.69) is 26.6 Å². The molecule has 0 heterocycles. The Hall–Kier alpha value is -2.44. The zero-order valence-electron chi connectivity index (χ0n) is 15.2. The number of amides is 1. The number of hydrogen-bond acceptors (Lipinski definition) is 3. The van der Waals surface area contributed by atoms with Crippen molar-refractivity contribution in [1.82, 2.24) is 5.32 Å². The summed E-state index contributed by atoms with van der Waals surface area (Å²) in [7, 11) is 1.54. The van der Waals surface area contributed by atoms with Gasteiger partial charge < -0.3 is 10.1 Å². The highest BCUT2D eigenvalue weighted by Crippen LogP contribution is 2.36. The average Bonchev–Trinajstić information content (AvgIpc) is 2.64. The first kappa shape index (κ1) is 19.3. The van der Waals surface area contributed by atoms with E-state index < -0.39 is 0 Å². The first-order valence-corrected chi connectivity index (χ1v) is 9.56. The second-order valence-electron chi connectivity index (χ2n) is 6.17. The van der Waals surface area contributed by atoms with E-state index in [0.29, 0.717) is 11.3 Å². The van der Waals surface area contributed by atoms with Gasteiger partial charge in [-0.15, -0.1) is 0 Å². The number of methoxy groups -OCH3 is 1. The second-order valence-corrected chi connectivity index (χ2v) is 7.37. The number of anilines is 1. The summed E-state index contributed by atoms with van der Waals surface area (Å²) in [6, 6.07) is 15.5. The van der Waals surface area contributed by atoms with Crippen LogP contribution in [0.1, 0.15) is 21.5 Å². The molecular formula is C21H19BrN2O2S. The molecule has 3 rings (SSSR count). The highest BCUT2D eigenvalue weighted by molar-refractivity contribution is 9.10. The molecule has 0 radical (unpaired) electrons. The summed E-state index contributed by atoms with van der Waals surface area (Å²) in [5.74, 6) is 0.142. The van der Waals surface area contributed by atoms with Gasteiger partial charge in [0.05, 0.1) is 17.1 Å². The van der Waals surface area contributed by atoms with Crippen LogP contribution in [0.2, 0.25) is 0 Å². The van der Waals surface area contributed by atoms with Crippen LogP contribution >= 0.6 is 28.1 Å². The molecule has 6 heteroatoms. The Bertz CT molecular complexity index is 1030. The molecule has 0 aliphatic heterocycles. The van der Waals surface area contributed by atoms with Crippen LogP contribution in [0.25, 0.3) is 10.8 Å². The summed E-state index contributed by atoms with van der Waals surface area (Å²) in [6.07, 6.45) is 0. The van der Waals surface area contributed by atoms with E-state index >= 15 is 0 Å². The van der Waals surface area contributed by atoms with Crippen molar-refractivity contribution in [3.05, 3.63) is 69.7 Å². The lowest BCUT2D eigenvalue weighted by Crippen LogP contribution is -2.34. The van der Waals surface area contributed by atoms with Crippen molar-refractivity contribution < 1.29 is 9.53 Å². The van der Waals surface area contributed by atoms with Gasteiger partial charge in [0.15, 0.2) is 5.11 Å². The summed E-state index contributed by atoms with van der Waals surface area (Å²) >= 11 is 8.89. The van der Waals surface area contributed by atoms with Gasteiger partial charge >= 0.3 is 0 Å². The van der Waals surface area contributed by atoms with Crippen LogP contribution in [0, 0.1) is 13.8 Å². The topological polar surface area (TPSA) is 50.4 Å². The van der Waals surface area contributed by atoms with Crippen LogP contribution in [0.4, 0.5) is 5.69 Å². The van der Waals surface area contributed by atoms with Crippen molar-refractivity contribution in [2.75, 3.05) is 12.4 Å². The van der Waals surface area contributed by atoms with E-state index in [4.69, 9.17) is 17.0 Å². The molecule has 0 atom stereocenters. The van der Waals surface area contributed by atoms with Crippen molar-refractivity contribution in [2.24, 2.45) is 0 Å². The molecule has 0 aliphatic rings. The number of rotatable bonds is 3. The third kappa shape index (κ3) is 3.96. The largest absolute Gasteiger partial charge is 0.495 e. The number of aryl methyl sites for hydroxylation is 2. The number of para-hydroxylation sites is 1. The van der Waals surface area contributed by atoms with E-state index in [9.17, 15) is 4.79 Å². The third-order valence-electron chi connectivity index (χ3n) is 4.34. The fourth-order valence-corrected chi connectivity index (χ4v) is 3.91. The van der Waals surface area contributed by atoms with Crippen LogP contribution in [0.15, 0.2) is 53.0 Å². The van der Waals surface area contributed by atoms with E-state index in [-0.39, 0.29) is 11.0 Å². The van der Waals surface area contributed by atoms with Crippen LogP contribution in [-0.4, -0.2) is 18.1 Å². The smallest absolute Gasteiger partial charge is 0.261 e. The predicted octanol–water partition coefficient (Wildman–Crippen LogP) is 5.35. The van der Waals surface area contributed by atoms with Crippen LogP contribution in [-0.2, 0) is 0 Å². The van der Waals surface area contributed by atoms with Crippen molar-refractivity contribution in [1.29, 1.82) is 0 Å². The quantitative estimate of drug-likeness (QED) is 0.536. The summed E-state index contributed by atoms with van der Waals surface area (Å²) in [5.41, 5.74) is 3.42. The number of benzene rings is 3. The standard InChI is InChI=1S/C21H19BrN2O2S/c1-12-7-6-8-13(2)18(12)23-21(27)24-20(25)16-11-14-9-4-5-10-15(14)17(22)19(16)26-3/h4-11H,1-3H3,(H2,23,24,25,27). The van der Waals surface area contributed by atoms with Gasteiger partial charge in [0, 0.05) is 5.69 Å². The molecular weight excluding hydrogens is 424 g/mol. The van der Waals surface area contributed by atoms with Gasteiger partial charge in [-0.25, -0.2) is 0 Å². The molecule has 0 saturated carbocycles. The van der Waals surface area contributed by atoms with Gasteiger partial charge in [0.25, 0.3) is 5.91 Å². The van der Waals surface area contributed by atoms with Crippen molar-refractivity contribution in [2.45, 2.75) is 13.8 Å². The zero-order valence-corrected chi connectivity index (χ0v) is 17.6. The highest BCUT2D eigenvalue weighted by atomic mass is 79.9. The maximum atomic E-state index is 12.9. The Morgan fingerprint density at radius 1 is 1.07 bits per heavy atom. The van der Waals surface area contributed by atoms with Gasteiger partial charge in [-0.2, -0.15) is 0 Å². The van der Waals surface area contributed by atoms with E-state index in [1.165, 1.54) is 0 Å². The molecule has 1 amide bonds. The van der Waals surface area contributed by atoms with Gasteiger partial charge in [-0.1, -0.05) is 42.5 Å². The van der Waals surface area contributed by atoms with Gasteiger partial charge in [-0.05, 0) is 70.0 Å². The number of carbonyl (C=O) groups is 1. The predicted molar refractivity (Wildman–Crippen MR) is 118 cm³/mol. The number of fused-ring (bicyclic) bond motifs is 1. The minimum atomic E-state index is -0.331. The van der Waals surface area contributed by atoms with Crippen molar-refractivity contribution in [3.63, 3.8) is 0 Å². The number of ether oxygens (including phenoxy) is 1. The molecule has 3 aromatic rings. The average molecular weight is 443 g/mol. The second kappa shape index (κ2) is 8.06. The van der Waals surface area contributed by atoms with Crippen molar-refractivity contribution >= 4 is 55.6 Å². The Morgan fingerprint density at radius 3 is 2.41 bits per heavy atom. The molecule has 0 aromatic heterocycles. The maximum Gasteiger partial charge on any atom is 0.261 e. The summed E-state index contributed by atoms with van der Waals surface area (Å²) < 4.78 is 6.21. The SMILES string of the molecule is COc1c(C(=O)NC(=S)Nc2c(C)cccc2C)cc2ccccc2c1Br. The minimum absolute atomic E-state index is 0.240. The number of carbonyl (C=O) groups excluding carboxylic acids is 1. The highest BCUT2D eigenvalue weighted by Gasteiger charge is 2.19. The Labute approximate surface area is 172 Å². The molecule has 0 saturated heterocycles. The number of nitrogens with one attached hydrogen (secondary N) is 2. The van der Waals surface area contributed by atoms with E-state index in [1.807, 2.05) is 56.3 Å². The van der Waals surface area contributed by atoms with Gasteiger partial charge in [0.1, 0.15) is 5.75 Å². The van der Waals surface area contributed by atoms with Crippen LogP contribution in [0.5, 0.6) is 5.75 Å². The lowest BCUT2D eigenvalue weighted by molar-refractivity contribution is 0.0975. The first-order valence-electron chi connectivity index (χ1n) is 8.36. The normalized spacial score (nSPS) is 10.5. The molecule has 0 bridgehead atoms. The molecule has 27 heavy (non-hydrogen) atoms. The number of thiocarbonyl (C=S) groups is 1. The number of hydrogen-bond donors (Lipinski definition) is 2. The summed E-state index contributed by atoms with van der Waals surface area (Å²) in [6.45, 7) is 3.98. The lowest BCUT2D eigenvalue weighted by atomic mass is 10.1. The molecule has 2 N–H and O–H groups in total. The molecule has 0 fully saturated rings. The summed E-state index contributed by atoms with van der Waals surface area (Å²) in [4.78, 5) is 12.9. The Balaban J connectivity index is 1.89. The minimum Gasteiger partial charge on any atom is -0.495 e. The molecule has 0 unspecified atom stereocenters. The molecule has 0 spiro atoms. The van der Waals surface area contributed by atoms with Crippen molar-refractivity contribution in [3.8, 4) is 5.75 Å². The number of halogens is 1. The van der Waals surface area contributed by atoms with Gasteiger partial charge in [0.2, 0.25) is 0 Å². The fraction of sp³-hybridized carbons (Fsp3) is 0.143. The van der Waals surface area contributed by atoms with Crippen LogP contribution in [0.3, 0.4) is 0 Å². The fourth-order valence-electron chi connectivity index (χ4n) is 2.98. The Morgan fingerprint density at radius 2 is 1.74 bits per heavy atom. The Kier molecular flexibility index (Phi) is 5.77.